The molecule has 7 heteroatoms. The van der Waals surface area contributed by atoms with Crippen LogP contribution in [-0.4, -0.2) is 22.3 Å². The normalized spacial score (nSPS) is 11.1. The van der Waals surface area contributed by atoms with E-state index in [-0.39, 0.29) is 10.7 Å². The van der Waals surface area contributed by atoms with Crippen LogP contribution in [0.1, 0.15) is 23.9 Å². The second kappa shape index (κ2) is 8.27. The first-order chi connectivity index (χ1) is 13.4. The average Bonchev–Trinajstić information content (AvgIpc) is 2.95. The summed E-state index contributed by atoms with van der Waals surface area (Å²) < 4.78 is 7.62. The van der Waals surface area contributed by atoms with Crippen LogP contribution >= 0.6 is 11.6 Å². The standard InChI is InChI=1S/C21H20ClN3O3/c1-4-28-19-8-6-18(7-9-19)24-14(2)11-16(15(24)3)13-23-17-5-10-20(22)21(12-17)25(26)27/h5-13H,4H2,1-3H3. The molecule has 1 aromatic heterocycles. The molecule has 2 aromatic carbocycles. The molecule has 6 nitrogen and oxygen atoms in total. The Morgan fingerprint density at radius 3 is 2.54 bits per heavy atom. The molecular formula is C21H20ClN3O3. The molecule has 0 amide bonds. The lowest BCUT2D eigenvalue weighted by Crippen LogP contribution is -2.00. The van der Waals surface area contributed by atoms with Gasteiger partial charge < -0.3 is 9.30 Å². The third-order valence-electron chi connectivity index (χ3n) is 4.36. The number of nitrogens with zero attached hydrogens (tertiary/aromatic N) is 3. The monoisotopic (exact) mass is 397 g/mol. The molecule has 0 N–H and O–H groups in total. The van der Waals surface area contributed by atoms with E-state index in [9.17, 15) is 10.1 Å². The van der Waals surface area contributed by atoms with Crippen LogP contribution in [0.3, 0.4) is 0 Å². The summed E-state index contributed by atoms with van der Waals surface area (Å²) in [5.41, 5.74) is 4.36. The largest absolute Gasteiger partial charge is 0.494 e. The predicted octanol–water partition coefficient (Wildman–Crippen LogP) is 5.81. The Morgan fingerprint density at radius 2 is 1.89 bits per heavy atom. The summed E-state index contributed by atoms with van der Waals surface area (Å²) in [6.45, 7) is 6.61. The number of aryl methyl sites for hydroxylation is 1. The van der Waals surface area contributed by atoms with Crippen molar-refractivity contribution >= 4 is 29.2 Å². The topological polar surface area (TPSA) is 69.7 Å². The summed E-state index contributed by atoms with van der Waals surface area (Å²) in [4.78, 5) is 14.9. The van der Waals surface area contributed by atoms with Gasteiger partial charge in [0, 0.05) is 34.9 Å². The molecule has 0 unspecified atom stereocenters. The van der Waals surface area contributed by atoms with Crippen LogP contribution in [0.25, 0.3) is 5.69 Å². The fourth-order valence-corrected chi connectivity index (χ4v) is 3.23. The molecule has 0 saturated heterocycles. The van der Waals surface area contributed by atoms with Crippen molar-refractivity contribution in [2.24, 2.45) is 4.99 Å². The zero-order valence-corrected chi connectivity index (χ0v) is 16.6. The SMILES string of the molecule is CCOc1ccc(-n2c(C)cc(C=Nc3ccc(Cl)c([N+](=O)[O-])c3)c2C)cc1. The number of aliphatic imine (C=N–C) groups is 1. The molecule has 0 radical (unpaired) electrons. The van der Waals surface area contributed by atoms with E-state index in [0.717, 1.165) is 28.4 Å². The molecule has 0 saturated carbocycles. The minimum Gasteiger partial charge on any atom is -0.494 e. The third-order valence-corrected chi connectivity index (χ3v) is 4.67. The Labute approximate surface area is 168 Å². The van der Waals surface area contributed by atoms with Crippen LogP contribution in [0.4, 0.5) is 11.4 Å². The van der Waals surface area contributed by atoms with E-state index in [1.807, 2.05) is 51.1 Å². The van der Waals surface area contributed by atoms with Gasteiger partial charge in [-0.1, -0.05) is 11.6 Å². The Morgan fingerprint density at radius 1 is 1.18 bits per heavy atom. The maximum absolute atomic E-state index is 11.0. The molecule has 144 valence electrons. The number of nitro benzene ring substituents is 1. The number of aromatic nitrogens is 1. The Kier molecular flexibility index (Phi) is 5.80. The van der Waals surface area contributed by atoms with E-state index in [4.69, 9.17) is 16.3 Å². The van der Waals surface area contributed by atoms with Crippen molar-refractivity contribution in [2.45, 2.75) is 20.8 Å². The average molecular weight is 398 g/mol. The van der Waals surface area contributed by atoms with Crippen LogP contribution in [0.15, 0.2) is 53.5 Å². The molecule has 0 fully saturated rings. The molecule has 0 bridgehead atoms. The van der Waals surface area contributed by atoms with Gasteiger partial charge in [-0.05, 0) is 63.2 Å². The zero-order chi connectivity index (χ0) is 20.3. The van der Waals surface area contributed by atoms with Gasteiger partial charge in [0.25, 0.3) is 5.69 Å². The number of benzene rings is 2. The second-order valence-electron chi connectivity index (χ2n) is 6.24. The lowest BCUT2D eigenvalue weighted by molar-refractivity contribution is -0.384. The third kappa shape index (κ3) is 4.07. The van der Waals surface area contributed by atoms with Crippen LogP contribution in [0.2, 0.25) is 5.02 Å². The van der Waals surface area contributed by atoms with Gasteiger partial charge in [-0.25, -0.2) is 0 Å². The molecule has 28 heavy (non-hydrogen) atoms. The van der Waals surface area contributed by atoms with E-state index >= 15 is 0 Å². The first kappa shape index (κ1) is 19.6. The van der Waals surface area contributed by atoms with Crippen molar-refractivity contribution in [3.05, 3.63) is 80.6 Å². The van der Waals surface area contributed by atoms with E-state index in [1.54, 1.807) is 12.3 Å². The first-order valence-corrected chi connectivity index (χ1v) is 9.18. The van der Waals surface area contributed by atoms with Gasteiger partial charge >= 0.3 is 0 Å². The number of rotatable bonds is 6. The lowest BCUT2D eigenvalue weighted by atomic mass is 10.2. The molecule has 0 spiro atoms. The summed E-state index contributed by atoms with van der Waals surface area (Å²) in [7, 11) is 0. The molecule has 3 aromatic rings. The van der Waals surface area contributed by atoms with Gasteiger partial charge in [-0.3, -0.25) is 15.1 Å². The first-order valence-electron chi connectivity index (χ1n) is 8.81. The number of nitro groups is 1. The summed E-state index contributed by atoms with van der Waals surface area (Å²) in [6, 6.07) is 14.4. The minimum absolute atomic E-state index is 0.0950. The quantitative estimate of drug-likeness (QED) is 0.299. The maximum atomic E-state index is 11.0. The highest BCUT2D eigenvalue weighted by Crippen LogP contribution is 2.29. The summed E-state index contributed by atoms with van der Waals surface area (Å²) in [6.07, 6.45) is 1.71. The van der Waals surface area contributed by atoms with E-state index in [1.165, 1.54) is 12.1 Å². The Balaban J connectivity index is 1.91. The number of halogens is 1. The molecule has 1 heterocycles. The van der Waals surface area contributed by atoms with Crippen LogP contribution in [0.5, 0.6) is 5.75 Å². The van der Waals surface area contributed by atoms with Crippen molar-refractivity contribution in [1.82, 2.24) is 4.57 Å². The van der Waals surface area contributed by atoms with Gasteiger partial charge in [0.15, 0.2) is 0 Å². The van der Waals surface area contributed by atoms with Crippen molar-refractivity contribution in [2.75, 3.05) is 6.61 Å². The Hall–Kier alpha value is -3.12. The van der Waals surface area contributed by atoms with Gasteiger partial charge in [-0.15, -0.1) is 0 Å². The van der Waals surface area contributed by atoms with Crippen LogP contribution < -0.4 is 4.74 Å². The van der Waals surface area contributed by atoms with Crippen molar-refractivity contribution in [1.29, 1.82) is 0 Å². The molecule has 0 aliphatic carbocycles. The lowest BCUT2D eigenvalue weighted by Gasteiger charge is -2.10. The van der Waals surface area contributed by atoms with Crippen LogP contribution in [-0.2, 0) is 0 Å². The van der Waals surface area contributed by atoms with E-state index in [0.29, 0.717) is 12.3 Å². The molecule has 0 atom stereocenters. The van der Waals surface area contributed by atoms with Crippen LogP contribution in [0, 0.1) is 24.0 Å². The predicted molar refractivity (Wildman–Crippen MR) is 112 cm³/mol. The highest BCUT2D eigenvalue weighted by atomic mass is 35.5. The molecule has 0 aliphatic rings. The van der Waals surface area contributed by atoms with Gasteiger partial charge in [0.1, 0.15) is 10.8 Å². The maximum Gasteiger partial charge on any atom is 0.290 e. The summed E-state index contributed by atoms with van der Waals surface area (Å²) in [5, 5.41) is 11.1. The number of ether oxygens (including phenoxy) is 1. The smallest absolute Gasteiger partial charge is 0.290 e. The summed E-state index contributed by atoms with van der Waals surface area (Å²) in [5.74, 6) is 0.833. The molecule has 0 aliphatic heterocycles. The highest BCUT2D eigenvalue weighted by molar-refractivity contribution is 6.32. The Bertz CT molecular complexity index is 1040. The van der Waals surface area contributed by atoms with Crippen molar-refractivity contribution in [3.8, 4) is 11.4 Å². The highest BCUT2D eigenvalue weighted by Gasteiger charge is 2.13. The number of hydrogen-bond acceptors (Lipinski definition) is 4. The van der Waals surface area contributed by atoms with Crippen molar-refractivity contribution < 1.29 is 9.66 Å². The van der Waals surface area contributed by atoms with E-state index in [2.05, 4.69) is 9.56 Å². The van der Waals surface area contributed by atoms with Gasteiger partial charge in [-0.2, -0.15) is 0 Å². The fourth-order valence-electron chi connectivity index (χ4n) is 3.04. The fraction of sp³-hybridized carbons (Fsp3) is 0.190. The molecular weight excluding hydrogens is 378 g/mol. The number of hydrogen-bond donors (Lipinski definition) is 0. The van der Waals surface area contributed by atoms with Gasteiger partial charge in [0.2, 0.25) is 0 Å². The summed E-state index contributed by atoms with van der Waals surface area (Å²) >= 11 is 5.85. The van der Waals surface area contributed by atoms with E-state index < -0.39 is 4.92 Å². The van der Waals surface area contributed by atoms with Crippen molar-refractivity contribution in [3.63, 3.8) is 0 Å². The molecule has 3 rings (SSSR count). The zero-order valence-electron chi connectivity index (χ0n) is 15.8. The van der Waals surface area contributed by atoms with Gasteiger partial charge in [0.05, 0.1) is 17.2 Å². The minimum atomic E-state index is -0.515. The second-order valence-corrected chi connectivity index (χ2v) is 6.65.